The van der Waals surface area contributed by atoms with E-state index in [-0.39, 0.29) is 24.0 Å². The molecule has 0 aliphatic heterocycles. The van der Waals surface area contributed by atoms with Crippen LogP contribution in [0.2, 0.25) is 0 Å². The molecule has 2 heterocycles. The van der Waals surface area contributed by atoms with Gasteiger partial charge in [0.1, 0.15) is 0 Å². The van der Waals surface area contributed by atoms with Crippen LogP contribution in [-0.2, 0) is 19.4 Å². The Morgan fingerprint density at radius 3 is 2.52 bits per heavy atom. The molecule has 7 heteroatoms. The van der Waals surface area contributed by atoms with Gasteiger partial charge < -0.3 is 11.1 Å². The van der Waals surface area contributed by atoms with Gasteiger partial charge in [0.15, 0.2) is 11.6 Å². The third kappa shape index (κ3) is 4.28. The highest BCUT2D eigenvalue weighted by Gasteiger charge is 2.07. The van der Waals surface area contributed by atoms with E-state index in [0.717, 1.165) is 29.9 Å². The highest BCUT2D eigenvalue weighted by molar-refractivity contribution is 14.0. The first kappa shape index (κ1) is 19.2. The van der Waals surface area contributed by atoms with Gasteiger partial charge in [-0.15, -0.1) is 24.0 Å². The lowest BCUT2D eigenvalue weighted by molar-refractivity contribution is 0.835. The second-order valence-corrected chi connectivity index (χ2v) is 5.52. The zero-order chi connectivity index (χ0) is 16.9. The van der Waals surface area contributed by atoms with Crippen LogP contribution in [0.25, 0.3) is 5.65 Å². The second kappa shape index (κ2) is 8.80. The summed E-state index contributed by atoms with van der Waals surface area (Å²) in [7, 11) is 0. The lowest BCUT2D eigenvalue weighted by Gasteiger charge is -2.14. The second-order valence-electron chi connectivity index (χ2n) is 5.52. The number of aromatic nitrogens is 3. The van der Waals surface area contributed by atoms with Crippen LogP contribution in [-0.4, -0.2) is 20.6 Å². The van der Waals surface area contributed by atoms with Crippen LogP contribution in [0, 0.1) is 0 Å². The first-order valence-electron chi connectivity index (χ1n) is 8.18. The first-order chi connectivity index (χ1) is 11.7. The molecule has 0 radical (unpaired) electrons. The average Bonchev–Trinajstić information content (AvgIpc) is 3.09. The number of nitrogens with one attached hydrogen (secondary N) is 1. The summed E-state index contributed by atoms with van der Waals surface area (Å²) in [6.07, 6.45) is 5.37. The van der Waals surface area contributed by atoms with E-state index < -0.39 is 0 Å². The van der Waals surface area contributed by atoms with Crippen LogP contribution >= 0.6 is 24.0 Å². The van der Waals surface area contributed by atoms with E-state index in [0.29, 0.717) is 12.5 Å². The van der Waals surface area contributed by atoms with Crippen molar-refractivity contribution >= 4 is 41.3 Å². The average molecular weight is 450 g/mol. The molecule has 6 nitrogen and oxygen atoms in total. The maximum absolute atomic E-state index is 6.11. The van der Waals surface area contributed by atoms with E-state index in [2.05, 4.69) is 52.4 Å². The molecule has 0 amide bonds. The van der Waals surface area contributed by atoms with Crippen molar-refractivity contribution in [2.24, 2.45) is 10.7 Å². The molecule has 0 saturated heterocycles. The van der Waals surface area contributed by atoms with Gasteiger partial charge in [0.25, 0.3) is 0 Å². The predicted octanol–water partition coefficient (Wildman–Crippen LogP) is 3.40. The molecule has 2 aromatic heterocycles. The summed E-state index contributed by atoms with van der Waals surface area (Å²) in [6, 6.07) is 10.1. The minimum atomic E-state index is 0. The number of halogens is 1. The van der Waals surface area contributed by atoms with Gasteiger partial charge in [0, 0.05) is 18.0 Å². The van der Waals surface area contributed by atoms with Crippen LogP contribution in [0.3, 0.4) is 0 Å². The summed E-state index contributed by atoms with van der Waals surface area (Å²) in [4.78, 5) is 8.71. The van der Waals surface area contributed by atoms with Crippen molar-refractivity contribution < 1.29 is 0 Å². The van der Waals surface area contributed by atoms with E-state index in [1.807, 2.05) is 12.1 Å². The van der Waals surface area contributed by atoms with Crippen molar-refractivity contribution in [3.05, 3.63) is 59.5 Å². The Morgan fingerprint density at radius 1 is 1.12 bits per heavy atom. The Morgan fingerprint density at radius 2 is 1.84 bits per heavy atom. The zero-order valence-electron chi connectivity index (χ0n) is 14.4. The van der Waals surface area contributed by atoms with E-state index in [4.69, 9.17) is 5.73 Å². The van der Waals surface area contributed by atoms with Gasteiger partial charge in [0.05, 0.1) is 18.4 Å². The fourth-order valence-electron chi connectivity index (χ4n) is 2.74. The van der Waals surface area contributed by atoms with Gasteiger partial charge in [0.2, 0.25) is 0 Å². The Bertz CT molecular complexity index is 849. The molecule has 25 heavy (non-hydrogen) atoms. The molecule has 0 saturated carbocycles. The first-order valence-corrected chi connectivity index (χ1v) is 8.18. The number of hydrogen-bond donors (Lipinski definition) is 2. The predicted molar refractivity (Wildman–Crippen MR) is 113 cm³/mol. The molecule has 0 aliphatic rings. The van der Waals surface area contributed by atoms with Crippen LogP contribution in [0.1, 0.15) is 30.7 Å². The number of fused-ring (bicyclic) bond motifs is 1. The monoisotopic (exact) mass is 450 g/mol. The molecule has 0 fully saturated rings. The van der Waals surface area contributed by atoms with Crippen LogP contribution < -0.4 is 11.1 Å². The lowest BCUT2D eigenvalue weighted by Crippen LogP contribution is -2.24. The molecular weight excluding hydrogens is 427 g/mol. The molecule has 0 atom stereocenters. The maximum Gasteiger partial charge on any atom is 0.193 e. The van der Waals surface area contributed by atoms with Gasteiger partial charge in [-0.25, -0.2) is 14.5 Å². The molecule has 0 spiro atoms. The summed E-state index contributed by atoms with van der Waals surface area (Å²) in [6.45, 7) is 4.71. The third-order valence-corrected chi connectivity index (χ3v) is 4.03. The zero-order valence-corrected chi connectivity index (χ0v) is 16.8. The van der Waals surface area contributed by atoms with Crippen molar-refractivity contribution in [1.29, 1.82) is 0 Å². The van der Waals surface area contributed by atoms with E-state index >= 15 is 0 Å². The minimum absolute atomic E-state index is 0. The number of hydrogen-bond acceptors (Lipinski definition) is 3. The Balaban J connectivity index is 0.00000225. The van der Waals surface area contributed by atoms with Gasteiger partial charge in [-0.05, 0) is 30.0 Å². The highest BCUT2D eigenvalue weighted by Crippen LogP contribution is 2.22. The molecule has 1 aromatic carbocycles. The number of anilines is 1. The molecule has 3 aromatic rings. The van der Waals surface area contributed by atoms with E-state index in [9.17, 15) is 0 Å². The number of para-hydroxylation sites is 1. The Hall–Kier alpha value is -2.16. The molecule has 3 rings (SSSR count). The summed E-state index contributed by atoms with van der Waals surface area (Å²) >= 11 is 0. The van der Waals surface area contributed by atoms with Crippen LogP contribution in [0.4, 0.5) is 5.69 Å². The number of aryl methyl sites for hydroxylation is 2. The largest absolute Gasteiger partial charge is 0.370 e. The quantitative estimate of drug-likeness (QED) is 0.355. The van der Waals surface area contributed by atoms with E-state index in [1.165, 1.54) is 11.1 Å². The third-order valence-electron chi connectivity index (χ3n) is 4.03. The lowest BCUT2D eigenvalue weighted by atomic mass is 10.0. The molecule has 0 unspecified atom stereocenters. The fourth-order valence-corrected chi connectivity index (χ4v) is 2.74. The number of nitrogens with two attached hydrogens (primary N) is 1. The van der Waals surface area contributed by atoms with Crippen molar-refractivity contribution in [1.82, 2.24) is 14.6 Å². The van der Waals surface area contributed by atoms with Crippen LogP contribution in [0.15, 0.2) is 47.7 Å². The van der Waals surface area contributed by atoms with Crippen molar-refractivity contribution in [2.45, 2.75) is 33.2 Å². The van der Waals surface area contributed by atoms with Crippen molar-refractivity contribution in [3.8, 4) is 0 Å². The van der Waals surface area contributed by atoms with Crippen molar-refractivity contribution in [3.63, 3.8) is 0 Å². The number of nitrogens with zero attached hydrogens (tertiary/aromatic N) is 4. The number of aliphatic imine (C=N–C) groups is 1. The smallest absolute Gasteiger partial charge is 0.193 e. The minimum Gasteiger partial charge on any atom is -0.370 e. The summed E-state index contributed by atoms with van der Waals surface area (Å²) < 4.78 is 1.77. The maximum atomic E-state index is 6.11. The standard InChI is InChI=1S/C18H22N6.HI/c1-3-13-6-5-7-14(4-2)17(13)23-18(19)21-12-15-8-10-20-16-9-11-22-24(15)16;/h5-11H,3-4,12H2,1-2H3,(H3,19,21,23);1H. The molecule has 3 N–H and O–H groups in total. The summed E-state index contributed by atoms with van der Waals surface area (Å²) in [5, 5.41) is 7.53. The summed E-state index contributed by atoms with van der Waals surface area (Å²) in [5.74, 6) is 0.405. The fraction of sp³-hybridized carbons (Fsp3) is 0.278. The van der Waals surface area contributed by atoms with Gasteiger partial charge in [-0.1, -0.05) is 32.0 Å². The molecule has 0 bridgehead atoms. The number of benzene rings is 1. The highest BCUT2D eigenvalue weighted by atomic mass is 127. The van der Waals surface area contributed by atoms with Gasteiger partial charge in [-0.3, -0.25) is 0 Å². The van der Waals surface area contributed by atoms with E-state index in [1.54, 1.807) is 16.9 Å². The SMILES string of the molecule is CCc1cccc(CC)c1NC(N)=NCc1ccnc2ccnn12.I. The Kier molecular flexibility index (Phi) is 6.74. The van der Waals surface area contributed by atoms with Crippen LogP contribution in [0.5, 0.6) is 0 Å². The molecule has 0 aliphatic carbocycles. The normalized spacial score (nSPS) is 11.4. The van der Waals surface area contributed by atoms with Gasteiger partial charge in [-0.2, -0.15) is 5.10 Å². The molecule has 132 valence electrons. The number of guanidine groups is 1. The van der Waals surface area contributed by atoms with Gasteiger partial charge >= 0.3 is 0 Å². The van der Waals surface area contributed by atoms with Crippen molar-refractivity contribution in [2.75, 3.05) is 5.32 Å². The number of rotatable bonds is 5. The Labute approximate surface area is 164 Å². The molecular formula is C18H23IN6. The summed E-state index contributed by atoms with van der Waals surface area (Å²) in [5.41, 5.74) is 11.4. The topological polar surface area (TPSA) is 80.6 Å².